The van der Waals surface area contributed by atoms with Gasteiger partial charge in [0.1, 0.15) is 16.8 Å². The lowest BCUT2D eigenvalue weighted by molar-refractivity contribution is 0.335. The van der Waals surface area contributed by atoms with Crippen molar-refractivity contribution in [1.29, 1.82) is 0 Å². The molecule has 1 saturated carbocycles. The second-order valence-electron chi connectivity index (χ2n) is 7.16. The number of rotatable bonds is 2. The van der Waals surface area contributed by atoms with Crippen molar-refractivity contribution in [3.63, 3.8) is 0 Å². The molecule has 2 rings (SSSR count). The maximum Gasteiger partial charge on any atom is 0.137 e. The Kier molecular flexibility index (Phi) is 4.58. The molecule has 1 heterocycles. The van der Waals surface area contributed by atoms with E-state index in [1.54, 1.807) is 0 Å². The largest absolute Gasteiger partial charge is 0.357 e. The summed E-state index contributed by atoms with van der Waals surface area (Å²) in [5, 5.41) is 0.538. The van der Waals surface area contributed by atoms with Crippen LogP contribution in [0.5, 0.6) is 0 Å². The lowest BCUT2D eigenvalue weighted by Crippen LogP contribution is -2.36. The van der Waals surface area contributed by atoms with Gasteiger partial charge in [0, 0.05) is 24.6 Å². The summed E-state index contributed by atoms with van der Waals surface area (Å²) in [5.41, 5.74) is -0.0830. The molecule has 0 radical (unpaired) electrons. The predicted molar refractivity (Wildman–Crippen MR) is 85.6 cm³/mol. The third kappa shape index (κ3) is 3.63. The summed E-state index contributed by atoms with van der Waals surface area (Å²) in [6.07, 6.45) is 5.14. The Morgan fingerprint density at radius 1 is 1.25 bits per heavy atom. The highest BCUT2D eigenvalue weighted by molar-refractivity contribution is 6.29. The fourth-order valence-electron chi connectivity index (χ4n) is 2.86. The fraction of sp³-hybridized carbons (Fsp3) is 0.750. The van der Waals surface area contributed by atoms with E-state index in [2.05, 4.69) is 44.6 Å². The highest BCUT2D eigenvalue weighted by Crippen LogP contribution is 2.30. The zero-order chi connectivity index (χ0) is 14.9. The fourth-order valence-corrected chi connectivity index (χ4v) is 3.04. The molecule has 0 N–H and O–H groups in total. The molecule has 1 aliphatic carbocycles. The highest BCUT2D eigenvalue weighted by atomic mass is 35.5. The number of anilines is 1. The first-order valence-electron chi connectivity index (χ1n) is 7.55. The van der Waals surface area contributed by atoms with Crippen LogP contribution in [0.2, 0.25) is 5.15 Å². The monoisotopic (exact) mass is 295 g/mol. The van der Waals surface area contributed by atoms with Gasteiger partial charge in [0.15, 0.2) is 0 Å². The van der Waals surface area contributed by atoms with Gasteiger partial charge in [0.2, 0.25) is 0 Å². The zero-order valence-corrected chi connectivity index (χ0v) is 14.0. The van der Waals surface area contributed by atoms with E-state index in [4.69, 9.17) is 16.6 Å². The first-order chi connectivity index (χ1) is 9.27. The molecule has 1 aromatic rings. The maximum atomic E-state index is 6.19. The number of halogens is 1. The lowest BCUT2D eigenvalue weighted by atomic mass is 9.86. The molecule has 3 nitrogen and oxygen atoms in total. The van der Waals surface area contributed by atoms with E-state index in [9.17, 15) is 0 Å². The Morgan fingerprint density at radius 3 is 2.55 bits per heavy atom. The van der Waals surface area contributed by atoms with Gasteiger partial charge in [-0.3, -0.25) is 0 Å². The van der Waals surface area contributed by atoms with Crippen LogP contribution in [0.3, 0.4) is 0 Å². The van der Waals surface area contributed by atoms with E-state index in [0.717, 1.165) is 17.6 Å². The first-order valence-corrected chi connectivity index (χ1v) is 7.93. The van der Waals surface area contributed by atoms with Crippen LogP contribution in [0, 0.1) is 5.92 Å². The Morgan fingerprint density at radius 2 is 1.95 bits per heavy atom. The molecule has 20 heavy (non-hydrogen) atoms. The molecule has 112 valence electrons. The van der Waals surface area contributed by atoms with Crippen LogP contribution in [0.15, 0.2) is 6.07 Å². The molecule has 1 fully saturated rings. The molecule has 1 aromatic heterocycles. The molecule has 0 aromatic carbocycles. The van der Waals surface area contributed by atoms with Crippen LogP contribution < -0.4 is 4.90 Å². The number of nitrogens with zero attached hydrogens (tertiary/aromatic N) is 3. The molecule has 0 saturated heterocycles. The van der Waals surface area contributed by atoms with Gasteiger partial charge in [-0.25, -0.2) is 9.97 Å². The van der Waals surface area contributed by atoms with Crippen molar-refractivity contribution in [2.24, 2.45) is 5.92 Å². The number of hydrogen-bond acceptors (Lipinski definition) is 3. The molecule has 4 heteroatoms. The average Bonchev–Trinajstić information content (AvgIpc) is 2.36. The minimum atomic E-state index is -0.0830. The van der Waals surface area contributed by atoms with Gasteiger partial charge in [-0.1, -0.05) is 52.1 Å². The summed E-state index contributed by atoms with van der Waals surface area (Å²) in [6.45, 7) is 8.69. The van der Waals surface area contributed by atoms with Gasteiger partial charge in [-0.15, -0.1) is 0 Å². The molecule has 0 aliphatic heterocycles. The predicted octanol–water partition coefficient (Wildman–Crippen LogP) is 4.44. The molecular formula is C16H26ClN3. The van der Waals surface area contributed by atoms with E-state index in [0.29, 0.717) is 11.2 Å². The van der Waals surface area contributed by atoms with E-state index < -0.39 is 0 Å². The Hall–Kier alpha value is -0.830. The average molecular weight is 296 g/mol. The number of aromatic nitrogens is 2. The van der Waals surface area contributed by atoms with Crippen molar-refractivity contribution in [3.05, 3.63) is 17.0 Å². The van der Waals surface area contributed by atoms with Gasteiger partial charge < -0.3 is 4.90 Å². The summed E-state index contributed by atoms with van der Waals surface area (Å²) in [7, 11) is 2.13. The minimum Gasteiger partial charge on any atom is -0.357 e. The summed E-state index contributed by atoms with van der Waals surface area (Å²) in [4.78, 5) is 11.4. The van der Waals surface area contributed by atoms with E-state index in [-0.39, 0.29) is 5.41 Å². The van der Waals surface area contributed by atoms with Crippen molar-refractivity contribution in [3.8, 4) is 0 Å². The highest BCUT2D eigenvalue weighted by Gasteiger charge is 2.25. The Bertz CT molecular complexity index is 467. The summed E-state index contributed by atoms with van der Waals surface area (Å²) >= 11 is 6.19. The lowest BCUT2D eigenvalue weighted by Gasteiger charge is -2.35. The smallest absolute Gasteiger partial charge is 0.137 e. The zero-order valence-electron chi connectivity index (χ0n) is 13.3. The van der Waals surface area contributed by atoms with Gasteiger partial charge in [-0.05, 0) is 18.8 Å². The normalized spacial score (nSPS) is 23.7. The first kappa shape index (κ1) is 15.6. The van der Waals surface area contributed by atoms with Crippen molar-refractivity contribution in [1.82, 2.24) is 9.97 Å². The molecule has 2 atom stereocenters. The SMILES string of the molecule is CC1CCCC(N(C)c2cc(Cl)nc(C(C)(C)C)n2)C1. The third-order valence-corrected chi connectivity index (χ3v) is 4.36. The van der Waals surface area contributed by atoms with Gasteiger partial charge >= 0.3 is 0 Å². The van der Waals surface area contributed by atoms with Gasteiger partial charge in [0.05, 0.1) is 0 Å². The second-order valence-corrected chi connectivity index (χ2v) is 7.55. The van der Waals surface area contributed by atoms with Crippen molar-refractivity contribution in [2.45, 2.75) is 64.8 Å². The molecule has 0 amide bonds. The van der Waals surface area contributed by atoms with Crippen LogP contribution in [0.1, 0.15) is 59.2 Å². The van der Waals surface area contributed by atoms with Crippen LogP contribution in [-0.2, 0) is 5.41 Å². The molecule has 0 bridgehead atoms. The topological polar surface area (TPSA) is 29.0 Å². The van der Waals surface area contributed by atoms with Crippen molar-refractivity contribution >= 4 is 17.4 Å². The molecular weight excluding hydrogens is 270 g/mol. The number of hydrogen-bond donors (Lipinski definition) is 0. The molecule has 2 unspecified atom stereocenters. The van der Waals surface area contributed by atoms with E-state index >= 15 is 0 Å². The van der Waals surface area contributed by atoms with Gasteiger partial charge in [0.25, 0.3) is 0 Å². The summed E-state index contributed by atoms with van der Waals surface area (Å²) < 4.78 is 0. The van der Waals surface area contributed by atoms with E-state index in [1.165, 1.54) is 25.7 Å². The Balaban J connectivity index is 2.25. The van der Waals surface area contributed by atoms with Crippen molar-refractivity contribution in [2.75, 3.05) is 11.9 Å². The van der Waals surface area contributed by atoms with Crippen LogP contribution in [0.4, 0.5) is 5.82 Å². The second kappa shape index (κ2) is 5.88. The van der Waals surface area contributed by atoms with Crippen LogP contribution in [-0.4, -0.2) is 23.1 Å². The minimum absolute atomic E-state index is 0.0830. The Labute approximate surface area is 127 Å². The molecule has 0 spiro atoms. The quantitative estimate of drug-likeness (QED) is 0.755. The van der Waals surface area contributed by atoms with E-state index in [1.807, 2.05) is 6.07 Å². The van der Waals surface area contributed by atoms with Crippen LogP contribution >= 0.6 is 11.6 Å². The maximum absolute atomic E-state index is 6.19. The standard InChI is InChI=1S/C16H26ClN3/c1-11-7-6-8-12(9-11)20(5)14-10-13(17)18-15(19-14)16(2,3)4/h10-12H,6-9H2,1-5H3. The summed E-state index contributed by atoms with van der Waals surface area (Å²) in [5.74, 6) is 2.57. The van der Waals surface area contributed by atoms with Crippen LogP contribution in [0.25, 0.3) is 0 Å². The van der Waals surface area contributed by atoms with Gasteiger partial charge in [-0.2, -0.15) is 0 Å². The summed E-state index contributed by atoms with van der Waals surface area (Å²) in [6, 6.07) is 2.45. The third-order valence-electron chi connectivity index (χ3n) is 4.17. The van der Waals surface area contributed by atoms with Crippen molar-refractivity contribution < 1.29 is 0 Å². The molecule has 1 aliphatic rings.